The van der Waals surface area contributed by atoms with Gasteiger partial charge < -0.3 is 19.9 Å². The van der Waals surface area contributed by atoms with Crippen molar-refractivity contribution < 1.29 is 27.8 Å². The molecule has 1 aromatic heterocycles. The minimum Gasteiger partial charge on any atom is -0.497 e. The molecule has 0 unspecified atom stereocenters. The van der Waals surface area contributed by atoms with Gasteiger partial charge in [-0.15, -0.1) is 0 Å². The van der Waals surface area contributed by atoms with Crippen molar-refractivity contribution in [3.63, 3.8) is 0 Å². The molecular weight excluding hydrogens is 556 g/mol. The number of nitrogens with zero attached hydrogens (tertiary/aromatic N) is 3. The van der Waals surface area contributed by atoms with E-state index in [-0.39, 0.29) is 36.1 Å². The van der Waals surface area contributed by atoms with Crippen LogP contribution in [0.2, 0.25) is 0 Å². The van der Waals surface area contributed by atoms with Crippen LogP contribution in [-0.4, -0.2) is 84.7 Å². The number of hydrogen-bond acceptors (Lipinski definition) is 8. The normalized spacial score (nSPS) is 24.1. The Labute approximate surface area is 246 Å². The lowest BCUT2D eigenvalue weighted by molar-refractivity contribution is -0.127. The summed E-state index contributed by atoms with van der Waals surface area (Å²) < 4.78 is 40.7. The largest absolute Gasteiger partial charge is 0.497 e. The van der Waals surface area contributed by atoms with E-state index in [1.165, 1.54) is 6.07 Å². The van der Waals surface area contributed by atoms with Gasteiger partial charge in [-0.2, -0.15) is 4.31 Å². The van der Waals surface area contributed by atoms with Gasteiger partial charge in [0.1, 0.15) is 22.4 Å². The van der Waals surface area contributed by atoms with E-state index in [1.807, 2.05) is 36.5 Å². The fourth-order valence-electron chi connectivity index (χ4n) is 6.26. The van der Waals surface area contributed by atoms with E-state index in [9.17, 15) is 18.3 Å². The lowest BCUT2D eigenvalue weighted by Crippen LogP contribution is -2.59. The molecule has 2 saturated heterocycles. The van der Waals surface area contributed by atoms with Gasteiger partial charge in [0.15, 0.2) is 0 Å². The van der Waals surface area contributed by atoms with E-state index in [0.29, 0.717) is 25.0 Å². The van der Waals surface area contributed by atoms with Crippen LogP contribution < -0.4 is 14.8 Å². The Kier molecular flexibility index (Phi) is 7.93. The van der Waals surface area contributed by atoms with Crippen molar-refractivity contribution in [1.82, 2.24) is 19.5 Å². The van der Waals surface area contributed by atoms with Gasteiger partial charge >= 0.3 is 0 Å². The third-order valence-electron chi connectivity index (χ3n) is 8.64. The number of aliphatic hydroxyl groups excluding tert-OH is 1. The molecule has 10 nitrogen and oxygen atoms in total. The van der Waals surface area contributed by atoms with Crippen molar-refractivity contribution in [2.24, 2.45) is 0 Å². The number of rotatable bonds is 4. The molecule has 1 amide bonds. The molecule has 222 valence electrons. The molecule has 0 aliphatic carbocycles. The molecule has 3 aliphatic rings. The third-order valence-corrected chi connectivity index (χ3v) is 10.6. The van der Waals surface area contributed by atoms with Gasteiger partial charge in [-0.25, -0.2) is 8.42 Å². The van der Waals surface area contributed by atoms with E-state index in [4.69, 9.17) is 9.47 Å². The Bertz CT molecular complexity index is 1540. The van der Waals surface area contributed by atoms with E-state index >= 15 is 0 Å². The zero-order valence-corrected chi connectivity index (χ0v) is 24.4. The first-order valence-corrected chi connectivity index (χ1v) is 15.7. The Hall–Kier alpha value is -3.51. The zero-order chi connectivity index (χ0) is 29.3. The molecule has 11 heteroatoms. The van der Waals surface area contributed by atoms with Crippen LogP contribution in [0.15, 0.2) is 71.9 Å². The molecule has 3 aliphatic heterocycles. The van der Waals surface area contributed by atoms with Crippen LogP contribution in [-0.2, 0) is 21.4 Å². The highest BCUT2D eigenvalue weighted by Gasteiger charge is 2.47. The summed E-state index contributed by atoms with van der Waals surface area (Å²) in [6.45, 7) is 2.39. The summed E-state index contributed by atoms with van der Waals surface area (Å²) in [6, 6.07) is 15.5. The molecule has 2 aromatic carbocycles. The summed E-state index contributed by atoms with van der Waals surface area (Å²) in [6.07, 6.45) is 4.65. The predicted molar refractivity (Wildman–Crippen MR) is 156 cm³/mol. The van der Waals surface area contributed by atoms with Gasteiger partial charge in [0.25, 0.3) is 0 Å². The number of sulfonamides is 1. The number of carbonyl (C=O) groups excluding carboxylic acids is 1. The average Bonchev–Trinajstić information content (AvgIpc) is 3.41. The first-order chi connectivity index (χ1) is 20.3. The monoisotopic (exact) mass is 592 g/mol. The Morgan fingerprint density at radius 1 is 1.10 bits per heavy atom. The van der Waals surface area contributed by atoms with Crippen LogP contribution >= 0.6 is 0 Å². The van der Waals surface area contributed by atoms with Crippen LogP contribution in [0.1, 0.15) is 31.2 Å². The molecule has 0 radical (unpaired) electrons. The Morgan fingerprint density at radius 2 is 1.90 bits per heavy atom. The molecule has 0 saturated carbocycles. The number of carbonyl (C=O) groups is 1. The lowest BCUT2D eigenvalue weighted by atomic mass is 9.84. The second kappa shape index (κ2) is 11.6. The highest BCUT2D eigenvalue weighted by atomic mass is 32.2. The predicted octanol–water partition coefficient (Wildman–Crippen LogP) is 2.81. The molecule has 0 bridgehead atoms. The smallest absolute Gasteiger partial charge is 0.247 e. The molecule has 6 rings (SSSR count). The molecule has 3 aromatic rings. The van der Waals surface area contributed by atoms with E-state index < -0.39 is 27.7 Å². The van der Waals surface area contributed by atoms with E-state index in [0.717, 1.165) is 40.6 Å². The van der Waals surface area contributed by atoms with Crippen LogP contribution in [0.25, 0.3) is 11.1 Å². The number of hydrogen-bond donors (Lipinski definition) is 2. The first kappa shape index (κ1) is 28.6. The minimum atomic E-state index is -4.15. The number of pyridine rings is 1. The maximum Gasteiger partial charge on any atom is 0.247 e. The molecule has 42 heavy (non-hydrogen) atoms. The highest BCUT2D eigenvalue weighted by molar-refractivity contribution is 7.89. The van der Waals surface area contributed by atoms with Gasteiger partial charge in [-0.3, -0.25) is 14.7 Å². The van der Waals surface area contributed by atoms with E-state index in [2.05, 4.69) is 21.3 Å². The third kappa shape index (κ3) is 5.74. The summed E-state index contributed by atoms with van der Waals surface area (Å²) in [5.41, 5.74) is 2.22. The van der Waals surface area contributed by atoms with Crippen LogP contribution in [0.4, 0.5) is 0 Å². The maximum absolute atomic E-state index is 14.0. The summed E-state index contributed by atoms with van der Waals surface area (Å²) in [4.78, 5) is 20.3. The number of aliphatic hydroxyl groups is 1. The topological polar surface area (TPSA) is 121 Å². The summed E-state index contributed by atoms with van der Waals surface area (Å²) in [5, 5.41) is 13.7. The fourth-order valence-corrected chi connectivity index (χ4v) is 8.01. The highest BCUT2D eigenvalue weighted by Crippen LogP contribution is 2.37. The lowest BCUT2D eigenvalue weighted by Gasteiger charge is -2.43. The van der Waals surface area contributed by atoms with Crippen LogP contribution in [0.5, 0.6) is 11.5 Å². The Morgan fingerprint density at radius 3 is 2.67 bits per heavy atom. The zero-order valence-electron chi connectivity index (χ0n) is 23.6. The first-order valence-electron chi connectivity index (χ1n) is 14.3. The van der Waals surface area contributed by atoms with Crippen molar-refractivity contribution in [3.8, 4) is 22.6 Å². The van der Waals surface area contributed by atoms with Gasteiger partial charge in [-0.1, -0.05) is 24.3 Å². The van der Waals surface area contributed by atoms with Crippen molar-refractivity contribution in [3.05, 3.63) is 72.6 Å². The number of amides is 1. The number of aromatic nitrogens is 1. The Balaban J connectivity index is 1.31. The molecule has 1 spiro atoms. The SMILES string of the molecule is COc1cccc(-c2ccc3c(c2)OCCC2(CCN(Cc4cccnc4)CC2)NC(=O)[C@@H]2C[C@@H](O)CN2S3(=O)=O)c1. The van der Waals surface area contributed by atoms with Crippen molar-refractivity contribution in [2.75, 3.05) is 33.4 Å². The van der Waals surface area contributed by atoms with Gasteiger partial charge in [-0.05, 0) is 59.9 Å². The number of fused-ring (bicyclic) bond motifs is 2. The molecule has 2 N–H and O–H groups in total. The summed E-state index contributed by atoms with van der Waals surface area (Å²) in [5.74, 6) is 0.550. The van der Waals surface area contributed by atoms with Gasteiger partial charge in [0, 0.05) is 57.0 Å². The van der Waals surface area contributed by atoms with Gasteiger partial charge in [0.2, 0.25) is 15.9 Å². The number of likely N-dealkylation sites (tertiary alicyclic amines) is 1. The van der Waals surface area contributed by atoms with Crippen molar-refractivity contribution in [1.29, 1.82) is 0 Å². The fraction of sp³-hybridized carbons (Fsp3) is 0.419. The second-order valence-corrected chi connectivity index (χ2v) is 13.2. The van der Waals surface area contributed by atoms with E-state index in [1.54, 1.807) is 25.4 Å². The van der Waals surface area contributed by atoms with Crippen molar-refractivity contribution >= 4 is 15.9 Å². The molecular formula is C31H36N4O6S. The number of ether oxygens (including phenoxy) is 2. The maximum atomic E-state index is 14.0. The second-order valence-electron chi connectivity index (χ2n) is 11.4. The molecule has 4 heterocycles. The number of benzene rings is 2. The summed E-state index contributed by atoms with van der Waals surface area (Å²) in [7, 11) is -2.55. The van der Waals surface area contributed by atoms with Gasteiger partial charge in [0.05, 0.1) is 19.8 Å². The van der Waals surface area contributed by atoms with Crippen LogP contribution in [0.3, 0.4) is 0 Å². The number of piperidine rings is 1. The standard InChI is InChI=1S/C31H36N4O6S/c1-40-26-6-2-5-23(16-26)24-7-8-29-28(17-24)41-15-11-31(9-13-34(14-10-31)20-22-4-3-12-32-19-22)33-30(37)27-18-25(36)21-35(27)42(29,38)39/h2-8,12,16-17,19,25,27,36H,9-11,13-15,18,20-21H2,1H3,(H,33,37)/t25-,27+/m1/s1. The van der Waals surface area contributed by atoms with Crippen molar-refractivity contribution in [2.45, 2.75) is 54.8 Å². The quantitative estimate of drug-likeness (QED) is 0.475. The van der Waals surface area contributed by atoms with Crippen LogP contribution in [0, 0.1) is 0 Å². The molecule has 2 fully saturated rings. The summed E-state index contributed by atoms with van der Waals surface area (Å²) >= 11 is 0. The minimum absolute atomic E-state index is 0.0108. The molecule has 2 atom stereocenters. The number of methoxy groups -OCH3 is 1. The number of nitrogens with one attached hydrogen (secondary N) is 1. The average molecular weight is 593 g/mol.